The predicted octanol–water partition coefficient (Wildman–Crippen LogP) is 2.93. The van der Waals surface area contributed by atoms with Gasteiger partial charge in [-0.3, -0.25) is 4.90 Å². The van der Waals surface area contributed by atoms with Gasteiger partial charge in [0, 0.05) is 13.1 Å². The Kier molecular flexibility index (Phi) is 5.02. The van der Waals surface area contributed by atoms with Crippen molar-refractivity contribution < 1.29 is 4.42 Å². The normalized spacial score (nSPS) is 16.9. The van der Waals surface area contributed by atoms with Crippen molar-refractivity contribution in [1.29, 1.82) is 0 Å². The molecule has 1 aliphatic heterocycles. The number of hydrogen-bond acceptors (Lipinski definition) is 3. The molecule has 0 radical (unpaired) electrons. The van der Waals surface area contributed by atoms with Gasteiger partial charge in [-0.1, -0.05) is 18.6 Å². The zero-order valence-corrected chi connectivity index (χ0v) is 11.5. The molecule has 0 aromatic carbocycles. The largest absolute Gasteiger partial charge is 0.463 e. The molecule has 0 unspecified atom stereocenters. The summed E-state index contributed by atoms with van der Waals surface area (Å²) in [4.78, 5) is 2.43. The Morgan fingerprint density at radius 2 is 2.17 bits per heavy atom. The van der Waals surface area contributed by atoms with Gasteiger partial charge >= 0.3 is 0 Å². The molecule has 100 valence electrons. The molecular weight excluding hydrogens is 224 g/mol. The highest BCUT2D eigenvalue weighted by atomic mass is 16.3. The molecular formula is C15H24N2O. The Hall–Kier alpha value is -1.06. The molecule has 2 rings (SSSR count). The van der Waals surface area contributed by atoms with Crippen molar-refractivity contribution in [3.8, 4) is 0 Å². The van der Waals surface area contributed by atoms with Crippen molar-refractivity contribution in [1.82, 2.24) is 10.2 Å². The molecule has 0 saturated heterocycles. The summed E-state index contributed by atoms with van der Waals surface area (Å²) in [6, 6.07) is 4.19. The molecule has 2 heterocycles. The molecule has 0 atom stereocenters. The lowest BCUT2D eigenvalue weighted by Crippen LogP contribution is -2.27. The van der Waals surface area contributed by atoms with Gasteiger partial charge in [-0.25, -0.2) is 0 Å². The van der Waals surface area contributed by atoms with Gasteiger partial charge in [-0.15, -0.1) is 0 Å². The van der Waals surface area contributed by atoms with E-state index in [2.05, 4.69) is 42.3 Å². The molecule has 0 aliphatic carbocycles. The first-order valence-corrected chi connectivity index (χ1v) is 6.94. The van der Waals surface area contributed by atoms with E-state index in [1.54, 1.807) is 0 Å². The second-order valence-electron chi connectivity index (χ2n) is 5.08. The van der Waals surface area contributed by atoms with Crippen molar-refractivity contribution in [2.75, 3.05) is 19.6 Å². The van der Waals surface area contributed by atoms with E-state index in [0.29, 0.717) is 0 Å². The Balaban J connectivity index is 1.79. The van der Waals surface area contributed by atoms with Crippen LogP contribution in [0.1, 0.15) is 38.2 Å². The minimum Gasteiger partial charge on any atom is -0.463 e. The molecule has 0 fully saturated rings. The van der Waals surface area contributed by atoms with Crippen molar-refractivity contribution in [2.24, 2.45) is 0 Å². The molecule has 3 heteroatoms. The van der Waals surface area contributed by atoms with Crippen LogP contribution in [0, 0.1) is 0 Å². The van der Waals surface area contributed by atoms with Crippen molar-refractivity contribution in [3.63, 3.8) is 0 Å². The molecule has 1 aromatic heterocycles. The van der Waals surface area contributed by atoms with Gasteiger partial charge in [0.2, 0.25) is 0 Å². The van der Waals surface area contributed by atoms with E-state index < -0.39 is 0 Å². The van der Waals surface area contributed by atoms with Crippen LogP contribution in [0.2, 0.25) is 0 Å². The van der Waals surface area contributed by atoms with Crippen molar-refractivity contribution >= 4 is 0 Å². The molecule has 1 aromatic rings. The molecule has 18 heavy (non-hydrogen) atoms. The van der Waals surface area contributed by atoms with Crippen LogP contribution in [0.15, 0.2) is 28.2 Å². The zero-order valence-electron chi connectivity index (χ0n) is 11.5. The van der Waals surface area contributed by atoms with Crippen molar-refractivity contribution in [2.45, 2.75) is 39.8 Å². The summed E-state index contributed by atoms with van der Waals surface area (Å²) in [5.74, 6) is 2.12. The first-order valence-electron chi connectivity index (χ1n) is 6.94. The first kappa shape index (κ1) is 13.4. The highest BCUT2D eigenvalue weighted by Crippen LogP contribution is 2.15. The SMILES string of the molecule is CCCNCc1ccc(CN2CC=C(C)CC2)o1. The van der Waals surface area contributed by atoms with E-state index >= 15 is 0 Å². The monoisotopic (exact) mass is 248 g/mol. The zero-order chi connectivity index (χ0) is 12.8. The van der Waals surface area contributed by atoms with E-state index in [-0.39, 0.29) is 0 Å². The fraction of sp³-hybridized carbons (Fsp3) is 0.600. The Labute approximate surface area is 110 Å². The van der Waals surface area contributed by atoms with Crippen LogP contribution in [0.4, 0.5) is 0 Å². The molecule has 1 N–H and O–H groups in total. The average Bonchev–Trinajstić information content (AvgIpc) is 2.80. The summed E-state index contributed by atoms with van der Waals surface area (Å²) in [6.45, 7) is 9.40. The van der Waals surface area contributed by atoms with Crippen LogP contribution in [0.5, 0.6) is 0 Å². The number of furan rings is 1. The topological polar surface area (TPSA) is 28.4 Å². The molecule has 0 amide bonds. The maximum Gasteiger partial charge on any atom is 0.118 e. The van der Waals surface area contributed by atoms with Gasteiger partial charge < -0.3 is 9.73 Å². The third-order valence-corrected chi connectivity index (χ3v) is 3.34. The van der Waals surface area contributed by atoms with E-state index in [1.165, 1.54) is 12.0 Å². The van der Waals surface area contributed by atoms with E-state index in [1.807, 2.05) is 0 Å². The Bertz CT molecular complexity index is 395. The first-order chi connectivity index (χ1) is 8.78. The lowest BCUT2D eigenvalue weighted by molar-refractivity contribution is 0.257. The molecule has 0 saturated carbocycles. The second-order valence-corrected chi connectivity index (χ2v) is 5.08. The van der Waals surface area contributed by atoms with Gasteiger partial charge in [-0.2, -0.15) is 0 Å². The average molecular weight is 248 g/mol. The van der Waals surface area contributed by atoms with E-state index in [9.17, 15) is 0 Å². The summed E-state index contributed by atoms with van der Waals surface area (Å²) >= 11 is 0. The number of nitrogens with one attached hydrogen (secondary N) is 1. The fourth-order valence-corrected chi connectivity index (χ4v) is 2.17. The van der Waals surface area contributed by atoms with Gasteiger partial charge in [-0.05, 0) is 38.4 Å². The molecule has 3 nitrogen and oxygen atoms in total. The highest BCUT2D eigenvalue weighted by molar-refractivity contribution is 5.09. The standard InChI is InChI=1S/C15H24N2O/c1-3-8-16-11-14-4-5-15(18-14)12-17-9-6-13(2)7-10-17/h4-6,16H,3,7-12H2,1-2H3. The smallest absolute Gasteiger partial charge is 0.118 e. The van der Waals surface area contributed by atoms with E-state index in [0.717, 1.165) is 50.7 Å². The Morgan fingerprint density at radius 1 is 1.33 bits per heavy atom. The van der Waals surface area contributed by atoms with Crippen LogP contribution in [0.25, 0.3) is 0 Å². The summed E-state index contributed by atoms with van der Waals surface area (Å²) in [5, 5.41) is 3.36. The minimum atomic E-state index is 0.840. The third kappa shape index (κ3) is 4.00. The van der Waals surface area contributed by atoms with Gasteiger partial charge in [0.1, 0.15) is 11.5 Å². The fourth-order valence-electron chi connectivity index (χ4n) is 2.17. The van der Waals surface area contributed by atoms with Crippen LogP contribution in [-0.4, -0.2) is 24.5 Å². The predicted molar refractivity (Wildman–Crippen MR) is 74.4 cm³/mol. The van der Waals surface area contributed by atoms with Crippen LogP contribution in [-0.2, 0) is 13.1 Å². The Morgan fingerprint density at radius 3 is 2.89 bits per heavy atom. The lowest BCUT2D eigenvalue weighted by Gasteiger charge is -2.23. The van der Waals surface area contributed by atoms with Crippen LogP contribution < -0.4 is 5.32 Å². The summed E-state index contributed by atoms with van der Waals surface area (Å²) in [7, 11) is 0. The highest BCUT2D eigenvalue weighted by Gasteiger charge is 2.11. The molecule has 0 bridgehead atoms. The summed E-state index contributed by atoms with van der Waals surface area (Å²) < 4.78 is 5.83. The summed E-state index contributed by atoms with van der Waals surface area (Å²) in [5.41, 5.74) is 1.51. The quantitative estimate of drug-likeness (QED) is 0.620. The molecule has 0 spiro atoms. The van der Waals surface area contributed by atoms with Gasteiger partial charge in [0.05, 0.1) is 13.1 Å². The maximum atomic E-state index is 5.83. The molecule has 1 aliphatic rings. The summed E-state index contributed by atoms with van der Waals surface area (Å²) in [6.07, 6.45) is 4.66. The lowest BCUT2D eigenvalue weighted by atomic mass is 10.1. The van der Waals surface area contributed by atoms with Crippen LogP contribution in [0.3, 0.4) is 0 Å². The van der Waals surface area contributed by atoms with Crippen LogP contribution >= 0.6 is 0 Å². The van der Waals surface area contributed by atoms with Gasteiger partial charge in [0.25, 0.3) is 0 Å². The number of hydrogen-bond donors (Lipinski definition) is 1. The van der Waals surface area contributed by atoms with Crippen molar-refractivity contribution in [3.05, 3.63) is 35.3 Å². The number of rotatable bonds is 6. The van der Waals surface area contributed by atoms with E-state index in [4.69, 9.17) is 4.42 Å². The maximum absolute atomic E-state index is 5.83. The second kappa shape index (κ2) is 6.76. The number of nitrogens with zero attached hydrogens (tertiary/aromatic N) is 1. The third-order valence-electron chi connectivity index (χ3n) is 3.34. The van der Waals surface area contributed by atoms with Gasteiger partial charge in [0.15, 0.2) is 0 Å². The minimum absolute atomic E-state index is 0.840.